The predicted octanol–water partition coefficient (Wildman–Crippen LogP) is 4.00. The quantitative estimate of drug-likeness (QED) is 0.323. The van der Waals surface area contributed by atoms with E-state index in [2.05, 4.69) is 15.3 Å². The molecule has 1 aromatic heterocycles. The van der Waals surface area contributed by atoms with Gasteiger partial charge in [-0.3, -0.25) is 4.99 Å². The second kappa shape index (κ2) is 12.3. The zero-order valence-electron chi connectivity index (χ0n) is 16.8. The van der Waals surface area contributed by atoms with E-state index in [0.29, 0.717) is 13.1 Å². The van der Waals surface area contributed by atoms with Crippen LogP contribution < -0.4 is 5.32 Å². The van der Waals surface area contributed by atoms with Crippen LogP contribution in [0.1, 0.15) is 35.4 Å². The van der Waals surface area contributed by atoms with Crippen LogP contribution in [0.4, 0.5) is 4.39 Å². The van der Waals surface area contributed by atoms with Crippen LogP contribution in [0.3, 0.4) is 0 Å². The Hall–Kier alpha value is -1.30. The highest BCUT2D eigenvalue weighted by Gasteiger charge is 2.15. The van der Waals surface area contributed by atoms with E-state index in [9.17, 15) is 4.39 Å². The Balaban J connectivity index is 0.00000392. The lowest BCUT2D eigenvalue weighted by molar-refractivity contribution is 0.106. The number of benzene rings is 1. The number of thiazole rings is 1. The molecule has 9 heteroatoms. The van der Waals surface area contributed by atoms with Gasteiger partial charge in [-0.2, -0.15) is 0 Å². The second-order valence-corrected chi connectivity index (χ2v) is 7.00. The standard InChI is InChI=1S/C19H27FN4O2S.HI/c1-13(25-4)18-23-16(12-27-18)11-24(3)19(21-2)22-10-17(26-5)14-6-8-15(20)9-7-14;/h6-9,12-13,17H,10-11H2,1-5H3,(H,21,22);1H. The Morgan fingerprint density at radius 2 is 1.96 bits per heavy atom. The molecule has 1 N–H and O–H groups in total. The number of ether oxygens (including phenoxy) is 2. The predicted molar refractivity (Wildman–Crippen MR) is 122 cm³/mol. The lowest BCUT2D eigenvalue weighted by Gasteiger charge is -2.24. The normalized spacial score (nSPS) is 13.6. The van der Waals surface area contributed by atoms with Gasteiger partial charge in [0.05, 0.1) is 18.3 Å². The van der Waals surface area contributed by atoms with E-state index in [1.54, 1.807) is 44.7 Å². The molecule has 0 aliphatic rings. The molecule has 0 spiro atoms. The van der Waals surface area contributed by atoms with E-state index in [1.165, 1.54) is 12.1 Å². The molecule has 0 saturated carbocycles. The minimum atomic E-state index is -0.262. The molecule has 2 aromatic rings. The van der Waals surface area contributed by atoms with Crippen LogP contribution in [0.25, 0.3) is 0 Å². The number of rotatable bonds is 8. The van der Waals surface area contributed by atoms with Crippen LogP contribution in [-0.4, -0.2) is 50.7 Å². The van der Waals surface area contributed by atoms with Crippen LogP contribution >= 0.6 is 35.3 Å². The Labute approximate surface area is 187 Å². The van der Waals surface area contributed by atoms with Crippen LogP contribution in [-0.2, 0) is 16.0 Å². The van der Waals surface area contributed by atoms with Gasteiger partial charge in [0.1, 0.15) is 16.9 Å². The summed E-state index contributed by atoms with van der Waals surface area (Å²) in [5.41, 5.74) is 1.87. The third-order valence-corrected chi connectivity index (χ3v) is 5.27. The van der Waals surface area contributed by atoms with Gasteiger partial charge in [0.2, 0.25) is 0 Å². The van der Waals surface area contributed by atoms with Gasteiger partial charge in [-0.25, -0.2) is 9.37 Å². The van der Waals surface area contributed by atoms with Crippen LogP contribution in [0.15, 0.2) is 34.6 Å². The highest BCUT2D eigenvalue weighted by atomic mass is 127. The van der Waals surface area contributed by atoms with Gasteiger partial charge in [0, 0.05) is 40.2 Å². The van der Waals surface area contributed by atoms with Crippen molar-refractivity contribution in [3.8, 4) is 0 Å². The summed E-state index contributed by atoms with van der Waals surface area (Å²) >= 11 is 1.59. The summed E-state index contributed by atoms with van der Waals surface area (Å²) in [7, 11) is 7.00. The molecular formula is C19H28FIN4O2S. The van der Waals surface area contributed by atoms with Crippen molar-refractivity contribution in [3.63, 3.8) is 0 Å². The van der Waals surface area contributed by atoms with Crippen molar-refractivity contribution in [2.45, 2.75) is 25.7 Å². The molecular weight excluding hydrogens is 494 g/mol. The number of hydrogen-bond acceptors (Lipinski definition) is 5. The fourth-order valence-electron chi connectivity index (χ4n) is 2.58. The summed E-state index contributed by atoms with van der Waals surface area (Å²) in [4.78, 5) is 10.9. The first-order chi connectivity index (χ1) is 13.0. The number of aliphatic imine (C=N–C) groups is 1. The van der Waals surface area contributed by atoms with Gasteiger partial charge in [-0.1, -0.05) is 12.1 Å². The van der Waals surface area contributed by atoms with Crippen LogP contribution in [0.5, 0.6) is 0 Å². The van der Waals surface area contributed by atoms with E-state index in [0.717, 1.165) is 22.2 Å². The maximum absolute atomic E-state index is 13.1. The number of nitrogens with one attached hydrogen (secondary N) is 1. The minimum absolute atomic E-state index is 0. The lowest BCUT2D eigenvalue weighted by atomic mass is 10.1. The molecule has 2 unspecified atom stereocenters. The maximum atomic E-state index is 13.1. The van der Waals surface area contributed by atoms with Gasteiger partial charge in [0.15, 0.2) is 5.96 Å². The first kappa shape index (κ1) is 24.7. The zero-order valence-corrected chi connectivity index (χ0v) is 20.0. The number of aromatic nitrogens is 1. The number of guanidine groups is 1. The van der Waals surface area contributed by atoms with Crippen LogP contribution in [0, 0.1) is 5.82 Å². The first-order valence-corrected chi connectivity index (χ1v) is 9.53. The fraction of sp³-hybridized carbons (Fsp3) is 0.474. The Morgan fingerprint density at radius 3 is 2.54 bits per heavy atom. The third kappa shape index (κ3) is 6.94. The van der Waals surface area contributed by atoms with Crippen molar-refractivity contribution in [1.29, 1.82) is 0 Å². The van der Waals surface area contributed by atoms with E-state index in [1.807, 2.05) is 24.3 Å². The first-order valence-electron chi connectivity index (χ1n) is 8.65. The largest absolute Gasteiger partial charge is 0.375 e. The van der Waals surface area contributed by atoms with E-state index in [-0.39, 0.29) is 42.0 Å². The molecule has 0 aliphatic carbocycles. The molecule has 0 bridgehead atoms. The van der Waals surface area contributed by atoms with Crippen LogP contribution in [0.2, 0.25) is 0 Å². The highest BCUT2D eigenvalue weighted by Crippen LogP contribution is 2.21. The van der Waals surface area contributed by atoms with Gasteiger partial charge in [-0.05, 0) is 24.6 Å². The summed E-state index contributed by atoms with van der Waals surface area (Å²) in [5, 5.41) is 6.29. The summed E-state index contributed by atoms with van der Waals surface area (Å²) in [5.74, 6) is 0.469. The average molecular weight is 522 g/mol. The Kier molecular flexibility index (Phi) is 10.9. The maximum Gasteiger partial charge on any atom is 0.193 e. The monoisotopic (exact) mass is 522 g/mol. The van der Waals surface area contributed by atoms with E-state index >= 15 is 0 Å². The number of halogens is 2. The number of nitrogens with zero attached hydrogens (tertiary/aromatic N) is 3. The minimum Gasteiger partial charge on any atom is -0.375 e. The molecule has 2 rings (SSSR count). The summed E-state index contributed by atoms with van der Waals surface area (Å²) in [6.07, 6.45) is -0.214. The molecule has 0 aliphatic heterocycles. The topological polar surface area (TPSA) is 59.0 Å². The molecule has 0 radical (unpaired) electrons. The summed E-state index contributed by atoms with van der Waals surface area (Å²) in [6.45, 7) is 3.12. The summed E-state index contributed by atoms with van der Waals surface area (Å²) in [6, 6.07) is 6.32. The SMILES string of the molecule is CN=C(NCC(OC)c1ccc(F)cc1)N(C)Cc1csc(C(C)OC)n1.I. The molecule has 6 nitrogen and oxygen atoms in total. The second-order valence-electron chi connectivity index (χ2n) is 6.12. The zero-order chi connectivity index (χ0) is 19.8. The van der Waals surface area contributed by atoms with Gasteiger partial charge in [-0.15, -0.1) is 35.3 Å². The molecule has 0 saturated heterocycles. The van der Waals surface area contributed by atoms with Gasteiger partial charge >= 0.3 is 0 Å². The molecule has 156 valence electrons. The lowest BCUT2D eigenvalue weighted by Crippen LogP contribution is -2.40. The van der Waals surface area contributed by atoms with Crippen molar-refractivity contribution in [2.24, 2.45) is 4.99 Å². The number of methoxy groups -OCH3 is 2. The van der Waals surface area contributed by atoms with E-state index < -0.39 is 0 Å². The van der Waals surface area contributed by atoms with Crippen molar-refractivity contribution in [3.05, 3.63) is 51.7 Å². The van der Waals surface area contributed by atoms with Gasteiger partial charge in [0.25, 0.3) is 0 Å². The van der Waals surface area contributed by atoms with Crippen molar-refractivity contribution in [1.82, 2.24) is 15.2 Å². The van der Waals surface area contributed by atoms with E-state index in [4.69, 9.17) is 9.47 Å². The van der Waals surface area contributed by atoms with Crippen molar-refractivity contribution in [2.75, 3.05) is 34.9 Å². The van der Waals surface area contributed by atoms with Crippen molar-refractivity contribution < 1.29 is 13.9 Å². The smallest absolute Gasteiger partial charge is 0.193 e. The molecule has 0 amide bonds. The Bertz CT molecular complexity index is 742. The number of hydrogen-bond donors (Lipinski definition) is 1. The Morgan fingerprint density at radius 1 is 1.29 bits per heavy atom. The van der Waals surface area contributed by atoms with Crippen molar-refractivity contribution >= 4 is 41.3 Å². The molecule has 0 fully saturated rings. The highest BCUT2D eigenvalue weighted by molar-refractivity contribution is 14.0. The third-order valence-electron chi connectivity index (χ3n) is 4.22. The summed E-state index contributed by atoms with van der Waals surface area (Å²) < 4.78 is 24.0. The van der Waals surface area contributed by atoms with Gasteiger partial charge < -0.3 is 19.7 Å². The molecule has 1 heterocycles. The molecule has 2 atom stereocenters. The fourth-order valence-corrected chi connectivity index (χ4v) is 3.43. The molecule has 28 heavy (non-hydrogen) atoms. The molecule has 1 aromatic carbocycles. The average Bonchev–Trinajstić information content (AvgIpc) is 3.14.